The van der Waals surface area contributed by atoms with Crippen molar-refractivity contribution in [1.82, 2.24) is 0 Å². The van der Waals surface area contributed by atoms with E-state index in [-0.39, 0.29) is 30.0 Å². The molecule has 3 N–H and O–H groups in total. The zero-order valence-corrected chi connectivity index (χ0v) is 8.05. The van der Waals surface area contributed by atoms with Crippen LogP contribution in [-0.4, -0.2) is 44.8 Å². The molecular weight excluding hydrogens is 267 g/mol. The SMILES string of the molecule is O=[N+]([O-])[O-].O=[N+]([O-])[O-].OCC(O)CO.[Co+2]. The second kappa shape index (κ2) is 18.5. The summed E-state index contributed by atoms with van der Waals surface area (Å²) in [5.74, 6) is 0. The van der Waals surface area contributed by atoms with E-state index in [1.807, 2.05) is 0 Å². The minimum Gasteiger partial charge on any atom is -0.394 e. The van der Waals surface area contributed by atoms with Crippen LogP contribution in [-0.2, 0) is 16.8 Å². The fraction of sp³-hybridized carbons (Fsp3) is 1.00. The molecule has 0 fully saturated rings. The van der Waals surface area contributed by atoms with Gasteiger partial charge in [0.1, 0.15) is 6.10 Å². The van der Waals surface area contributed by atoms with Gasteiger partial charge in [-0.3, -0.25) is 0 Å². The van der Waals surface area contributed by atoms with Crippen LogP contribution in [0.4, 0.5) is 0 Å². The fourth-order valence-corrected chi connectivity index (χ4v) is 0.0577. The molecule has 0 heterocycles. The van der Waals surface area contributed by atoms with Gasteiger partial charge in [-0.05, 0) is 0 Å². The van der Waals surface area contributed by atoms with Gasteiger partial charge in [-0.25, -0.2) is 0 Å². The van der Waals surface area contributed by atoms with E-state index < -0.39 is 16.3 Å². The fourth-order valence-electron chi connectivity index (χ4n) is 0.0577. The van der Waals surface area contributed by atoms with Crippen molar-refractivity contribution in [2.75, 3.05) is 13.2 Å². The standard InChI is InChI=1S/C3H8O3.Co.2NO3/c4-1-3(6)2-5;;2*2-1(3)4/h3-6H,1-2H2;;;/q;+2;2*-1. The Morgan fingerprint density at radius 3 is 1.07 bits per heavy atom. The molecule has 15 heavy (non-hydrogen) atoms. The zero-order valence-electron chi connectivity index (χ0n) is 7.01. The van der Waals surface area contributed by atoms with Crippen molar-refractivity contribution in [3.05, 3.63) is 30.6 Å². The second-order valence-corrected chi connectivity index (χ2v) is 1.47. The molecule has 0 unspecified atom stereocenters. The quantitative estimate of drug-likeness (QED) is 0.371. The Hall–Kier alpha value is -1.21. The summed E-state index contributed by atoms with van der Waals surface area (Å²) in [6.45, 7) is -0.729. The normalized spacial score (nSPS) is 7.20. The first-order valence-corrected chi connectivity index (χ1v) is 2.80. The molecule has 0 aliphatic heterocycles. The van der Waals surface area contributed by atoms with Crippen molar-refractivity contribution >= 4 is 0 Å². The summed E-state index contributed by atoms with van der Waals surface area (Å²) in [7, 11) is 0. The summed E-state index contributed by atoms with van der Waals surface area (Å²) < 4.78 is 0. The molecule has 11 nitrogen and oxygen atoms in total. The molecular formula is C3H8CoN2O9. The minimum atomic E-state index is -1.75. The van der Waals surface area contributed by atoms with Crippen LogP contribution < -0.4 is 0 Å². The zero-order chi connectivity index (χ0) is 12.1. The molecule has 0 aromatic carbocycles. The average molecular weight is 275 g/mol. The third kappa shape index (κ3) is 192. The summed E-state index contributed by atoms with van der Waals surface area (Å²) in [5, 5.41) is 53.5. The molecule has 0 aromatic rings. The molecule has 0 bridgehead atoms. The smallest absolute Gasteiger partial charge is 0.394 e. The molecule has 0 amide bonds. The van der Waals surface area contributed by atoms with Gasteiger partial charge in [-0.1, -0.05) is 0 Å². The van der Waals surface area contributed by atoms with Crippen LogP contribution in [0.2, 0.25) is 0 Å². The number of aliphatic hydroxyl groups is 3. The minimum absolute atomic E-state index is 0. The largest absolute Gasteiger partial charge is 2.00 e. The van der Waals surface area contributed by atoms with Crippen molar-refractivity contribution in [2.24, 2.45) is 0 Å². The maximum absolute atomic E-state index is 8.25. The van der Waals surface area contributed by atoms with Gasteiger partial charge in [-0.2, -0.15) is 0 Å². The summed E-state index contributed by atoms with van der Waals surface area (Å²) in [5.41, 5.74) is 0. The Kier molecular flexibility index (Phi) is 29.1. The van der Waals surface area contributed by atoms with Gasteiger partial charge in [0, 0.05) is 0 Å². The molecule has 0 saturated heterocycles. The maximum Gasteiger partial charge on any atom is 2.00 e. The van der Waals surface area contributed by atoms with Crippen LogP contribution in [0.5, 0.6) is 0 Å². The second-order valence-electron chi connectivity index (χ2n) is 1.47. The topological polar surface area (TPSA) is 193 Å². The first-order chi connectivity index (χ1) is 6.27. The van der Waals surface area contributed by atoms with Gasteiger partial charge in [-0.15, -0.1) is 0 Å². The molecule has 0 aliphatic rings. The van der Waals surface area contributed by atoms with E-state index in [1.165, 1.54) is 0 Å². The van der Waals surface area contributed by atoms with Crippen LogP contribution in [0.25, 0.3) is 0 Å². The molecule has 0 rings (SSSR count). The van der Waals surface area contributed by atoms with Crippen LogP contribution in [0.1, 0.15) is 0 Å². The van der Waals surface area contributed by atoms with Crippen LogP contribution in [0.15, 0.2) is 0 Å². The van der Waals surface area contributed by atoms with E-state index in [1.54, 1.807) is 0 Å². The molecule has 1 radical (unpaired) electrons. The molecule has 93 valence electrons. The van der Waals surface area contributed by atoms with E-state index >= 15 is 0 Å². The Morgan fingerprint density at radius 1 is 0.933 bits per heavy atom. The number of aliphatic hydroxyl groups excluding tert-OH is 3. The van der Waals surface area contributed by atoms with Gasteiger partial charge < -0.3 is 46.0 Å². The van der Waals surface area contributed by atoms with Crippen LogP contribution >= 0.6 is 0 Å². The van der Waals surface area contributed by atoms with Crippen LogP contribution in [0, 0.1) is 30.6 Å². The van der Waals surface area contributed by atoms with Gasteiger partial charge in [0.2, 0.25) is 0 Å². The molecule has 0 aliphatic carbocycles. The summed E-state index contributed by atoms with van der Waals surface area (Å²) >= 11 is 0. The van der Waals surface area contributed by atoms with E-state index in [2.05, 4.69) is 0 Å². The monoisotopic (exact) mass is 275 g/mol. The van der Waals surface area contributed by atoms with Crippen molar-refractivity contribution in [3.8, 4) is 0 Å². The number of hydrogen-bond donors (Lipinski definition) is 3. The average Bonchev–Trinajstić information content (AvgIpc) is 2.01. The Labute approximate surface area is 93.0 Å². The first-order valence-electron chi connectivity index (χ1n) is 2.80. The first kappa shape index (κ1) is 23.5. The molecule has 0 saturated carbocycles. The number of hydrogen-bond acceptors (Lipinski definition) is 9. The third-order valence-corrected chi connectivity index (χ3v) is 0.421. The summed E-state index contributed by atoms with van der Waals surface area (Å²) in [6.07, 6.45) is -0.954. The number of rotatable bonds is 2. The molecule has 0 aromatic heterocycles. The summed E-state index contributed by atoms with van der Waals surface area (Å²) in [4.78, 5) is 16.5. The molecule has 12 heteroatoms. The van der Waals surface area contributed by atoms with E-state index in [4.69, 9.17) is 46.0 Å². The van der Waals surface area contributed by atoms with E-state index in [0.717, 1.165) is 0 Å². The maximum atomic E-state index is 8.25. The third-order valence-electron chi connectivity index (χ3n) is 0.421. The Morgan fingerprint density at radius 2 is 1.07 bits per heavy atom. The number of nitrogens with zero attached hydrogens (tertiary/aromatic N) is 2. The van der Waals surface area contributed by atoms with Crippen molar-refractivity contribution in [3.63, 3.8) is 0 Å². The van der Waals surface area contributed by atoms with Crippen LogP contribution in [0.3, 0.4) is 0 Å². The van der Waals surface area contributed by atoms with E-state index in [0.29, 0.717) is 0 Å². The Bertz CT molecular complexity index is 130. The van der Waals surface area contributed by atoms with E-state index in [9.17, 15) is 0 Å². The molecule has 0 spiro atoms. The molecule has 0 atom stereocenters. The summed E-state index contributed by atoms with van der Waals surface area (Å²) in [6, 6.07) is 0. The van der Waals surface area contributed by atoms with Crippen molar-refractivity contribution < 1.29 is 42.3 Å². The van der Waals surface area contributed by atoms with Gasteiger partial charge in [0.15, 0.2) is 0 Å². The van der Waals surface area contributed by atoms with Crippen molar-refractivity contribution in [2.45, 2.75) is 6.10 Å². The van der Waals surface area contributed by atoms with Gasteiger partial charge >= 0.3 is 16.8 Å². The predicted octanol–water partition coefficient (Wildman–Crippen LogP) is -2.15. The predicted molar refractivity (Wildman–Crippen MR) is 40.9 cm³/mol. The van der Waals surface area contributed by atoms with Gasteiger partial charge in [0.05, 0.1) is 23.4 Å². The Balaban J connectivity index is -0.0000000606. The van der Waals surface area contributed by atoms with Crippen molar-refractivity contribution in [1.29, 1.82) is 0 Å². The van der Waals surface area contributed by atoms with Gasteiger partial charge in [0.25, 0.3) is 0 Å².